The highest BCUT2D eigenvalue weighted by Crippen LogP contribution is 2.29. The second-order valence-electron chi connectivity index (χ2n) is 5.37. The van der Waals surface area contributed by atoms with Crippen molar-refractivity contribution in [1.29, 1.82) is 0 Å². The third-order valence-electron chi connectivity index (χ3n) is 3.60. The number of amides is 2. The average Bonchev–Trinajstić information content (AvgIpc) is 2.98. The Balaban J connectivity index is 2.05. The predicted molar refractivity (Wildman–Crippen MR) is 100.0 cm³/mol. The quantitative estimate of drug-likeness (QED) is 0.762. The number of halogens is 1. The summed E-state index contributed by atoms with van der Waals surface area (Å²) in [5.41, 5.74) is 0.873. The van der Waals surface area contributed by atoms with E-state index in [2.05, 4.69) is 21.2 Å². The van der Waals surface area contributed by atoms with Gasteiger partial charge in [-0.1, -0.05) is 0 Å². The first-order valence-corrected chi connectivity index (χ1v) is 9.08. The lowest BCUT2D eigenvalue weighted by Gasteiger charge is -2.22. The van der Waals surface area contributed by atoms with Crippen molar-refractivity contribution in [2.45, 2.75) is 19.5 Å². The predicted octanol–water partition coefficient (Wildman–Crippen LogP) is 4.43. The molecular weight excluding hydrogens is 392 g/mol. The number of hydrogen-bond acceptors (Lipinski definition) is 4. The number of nitrogens with one attached hydrogen (secondary N) is 1. The zero-order valence-electron chi connectivity index (χ0n) is 14.1. The minimum atomic E-state index is -0.208. The van der Waals surface area contributed by atoms with Crippen LogP contribution in [0.25, 0.3) is 0 Å². The van der Waals surface area contributed by atoms with E-state index < -0.39 is 0 Å². The van der Waals surface area contributed by atoms with Crippen molar-refractivity contribution < 1.29 is 14.3 Å². The van der Waals surface area contributed by atoms with Gasteiger partial charge in [0, 0.05) is 27.3 Å². The van der Waals surface area contributed by atoms with Crippen LogP contribution in [0.15, 0.2) is 34.1 Å². The van der Waals surface area contributed by atoms with Crippen LogP contribution in [0.3, 0.4) is 0 Å². The zero-order chi connectivity index (χ0) is 17.7. The van der Waals surface area contributed by atoms with Gasteiger partial charge in [-0.05, 0) is 47.1 Å². The van der Waals surface area contributed by atoms with Crippen molar-refractivity contribution in [3.05, 3.63) is 44.6 Å². The summed E-state index contributed by atoms with van der Waals surface area (Å²) in [5, 5.41) is 5.00. The molecular formula is C17H21BrN2O3S. The Bertz CT molecular complexity index is 705. The van der Waals surface area contributed by atoms with Crippen LogP contribution in [0.1, 0.15) is 23.4 Å². The highest BCUT2D eigenvalue weighted by molar-refractivity contribution is 9.10. The highest BCUT2D eigenvalue weighted by Gasteiger charge is 2.18. The number of urea groups is 1. The monoisotopic (exact) mass is 412 g/mol. The summed E-state index contributed by atoms with van der Waals surface area (Å²) in [5.74, 6) is 1.44. The Hall–Kier alpha value is -1.73. The number of methoxy groups -OCH3 is 2. The van der Waals surface area contributed by atoms with Crippen molar-refractivity contribution in [3.8, 4) is 11.5 Å². The maximum atomic E-state index is 12.4. The van der Waals surface area contributed by atoms with Crippen LogP contribution in [0.4, 0.5) is 4.79 Å². The largest absolute Gasteiger partial charge is 0.497 e. The maximum absolute atomic E-state index is 12.4. The van der Waals surface area contributed by atoms with Gasteiger partial charge >= 0.3 is 6.03 Å². The van der Waals surface area contributed by atoms with E-state index in [9.17, 15) is 4.79 Å². The van der Waals surface area contributed by atoms with E-state index in [1.807, 2.05) is 36.6 Å². The van der Waals surface area contributed by atoms with Crippen molar-refractivity contribution in [2.75, 3.05) is 21.3 Å². The fourth-order valence-electron chi connectivity index (χ4n) is 2.29. The van der Waals surface area contributed by atoms with Gasteiger partial charge < -0.3 is 19.7 Å². The lowest BCUT2D eigenvalue weighted by Crippen LogP contribution is -2.38. The van der Waals surface area contributed by atoms with Crippen molar-refractivity contribution in [2.24, 2.45) is 0 Å². The minimum absolute atomic E-state index is 0.142. The number of carbonyl (C=O) groups is 1. The molecule has 0 saturated carbocycles. The summed E-state index contributed by atoms with van der Waals surface area (Å²) in [7, 11) is 5.00. The molecule has 1 aromatic heterocycles. The van der Waals surface area contributed by atoms with Crippen LogP contribution >= 0.6 is 27.3 Å². The molecule has 0 fully saturated rings. The van der Waals surface area contributed by atoms with Gasteiger partial charge in [0.05, 0.1) is 26.8 Å². The zero-order valence-corrected chi connectivity index (χ0v) is 16.5. The molecule has 2 amide bonds. The van der Waals surface area contributed by atoms with Gasteiger partial charge in [0.15, 0.2) is 0 Å². The number of carbonyl (C=O) groups excluding carboxylic acids is 1. The first-order chi connectivity index (χ1) is 11.4. The number of ether oxygens (including phenoxy) is 2. The molecule has 1 aromatic carbocycles. The molecule has 0 spiro atoms. The van der Waals surface area contributed by atoms with E-state index in [4.69, 9.17) is 9.47 Å². The van der Waals surface area contributed by atoms with E-state index in [0.717, 1.165) is 20.7 Å². The lowest BCUT2D eigenvalue weighted by atomic mass is 10.1. The van der Waals surface area contributed by atoms with Gasteiger partial charge in [0.2, 0.25) is 0 Å². The molecule has 130 valence electrons. The first-order valence-electron chi connectivity index (χ1n) is 7.41. The van der Waals surface area contributed by atoms with Crippen LogP contribution < -0.4 is 14.8 Å². The third-order valence-corrected chi connectivity index (χ3v) is 5.29. The standard InChI is InChI=1S/C17H21BrN2O3S/c1-11(15-8-13(22-3)5-6-16(15)23-4)19-17(21)20(2)9-14-7-12(18)10-24-14/h5-8,10-11H,9H2,1-4H3,(H,19,21). The third kappa shape index (κ3) is 4.64. The Labute approximate surface area is 154 Å². The van der Waals surface area contributed by atoms with Gasteiger partial charge in [-0.3, -0.25) is 0 Å². The molecule has 0 aliphatic heterocycles. The molecule has 0 aliphatic rings. The van der Waals surface area contributed by atoms with E-state index in [1.54, 1.807) is 37.5 Å². The van der Waals surface area contributed by atoms with Gasteiger partial charge in [0.1, 0.15) is 11.5 Å². The van der Waals surface area contributed by atoms with Crippen LogP contribution in [0, 0.1) is 0 Å². The molecule has 2 rings (SSSR count). The topological polar surface area (TPSA) is 50.8 Å². The fourth-order valence-corrected chi connectivity index (χ4v) is 3.80. The van der Waals surface area contributed by atoms with E-state index >= 15 is 0 Å². The Kier molecular flexibility index (Phi) is 6.51. The van der Waals surface area contributed by atoms with Crippen molar-refractivity contribution in [1.82, 2.24) is 10.2 Å². The molecule has 1 N–H and O–H groups in total. The highest BCUT2D eigenvalue weighted by atomic mass is 79.9. The van der Waals surface area contributed by atoms with E-state index in [0.29, 0.717) is 12.3 Å². The summed E-state index contributed by atoms with van der Waals surface area (Å²) in [4.78, 5) is 15.2. The Morgan fingerprint density at radius 3 is 2.67 bits per heavy atom. The molecule has 1 atom stereocenters. The number of hydrogen-bond donors (Lipinski definition) is 1. The minimum Gasteiger partial charge on any atom is -0.497 e. The van der Waals surface area contributed by atoms with Crippen molar-refractivity contribution >= 4 is 33.3 Å². The second-order valence-corrected chi connectivity index (χ2v) is 7.28. The number of thiophene rings is 1. The van der Waals surface area contributed by atoms with Gasteiger partial charge in [-0.15, -0.1) is 11.3 Å². The summed E-state index contributed by atoms with van der Waals surface area (Å²) >= 11 is 5.04. The van der Waals surface area contributed by atoms with Gasteiger partial charge in [0.25, 0.3) is 0 Å². The molecule has 1 heterocycles. The molecule has 0 aliphatic carbocycles. The molecule has 24 heavy (non-hydrogen) atoms. The average molecular weight is 413 g/mol. The van der Waals surface area contributed by atoms with Gasteiger partial charge in [-0.25, -0.2) is 4.79 Å². The number of benzene rings is 1. The second kappa shape index (κ2) is 8.39. The Morgan fingerprint density at radius 1 is 1.33 bits per heavy atom. The molecule has 5 nitrogen and oxygen atoms in total. The maximum Gasteiger partial charge on any atom is 0.317 e. The van der Waals surface area contributed by atoms with E-state index in [1.165, 1.54) is 0 Å². The van der Waals surface area contributed by atoms with Crippen LogP contribution in [0.5, 0.6) is 11.5 Å². The SMILES string of the molecule is COc1ccc(OC)c(C(C)NC(=O)N(C)Cc2cc(Br)cs2)c1. The molecule has 0 radical (unpaired) electrons. The summed E-state index contributed by atoms with van der Waals surface area (Å²) in [6.45, 7) is 2.48. The van der Waals surface area contributed by atoms with Gasteiger partial charge in [-0.2, -0.15) is 0 Å². The molecule has 7 heteroatoms. The molecule has 2 aromatic rings. The van der Waals surface area contributed by atoms with Crippen LogP contribution in [-0.2, 0) is 6.54 Å². The van der Waals surface area contributed by atoms with Crippen LogP contribution in [-0.4, -0.2) is 32.2 Å². The van der Waals surface area contributed by atoms with Crippen molar-refractivity contribution in [3.63, 3.8) is 0 Å². The summed E-state index contributed by atoms with van der Waals surface area (Å²) < 4.78 is 11.7. The fraction of sp³-hybridized carbons (Fsp3) is 0.353. The summed E-state index contributed by atoms with van der Waals surface area (Å²) in [6.07, 6.45) is 0. The number of nitrogens with zero attached hydrogens (tertiary/aromatic N) is 1. The normalized spacial score (nSPS) is 11.7. The molecule has 1 unspecified atom stereocenters. The molecule has 0 saturated heterocycles. The Morgan fingerprint density at radius 2 is 2.08 bits per heavy atom. The smallest absolute Gasteiger partial charge is 0.317 e. The number of rotatable bonds is 6. The lowest BCUT2D eigenvalue weighted by molar-refractivity contribution is 0.203. The molecule has 0 bridgehead atoms. The van der Waals surface area contributed by atoms with Crippen LogP contribution in [0.2, 0.25) is 0 Å². The summed E-state index contributed by atoms with van der Waals surface area (Å²) in [6, 6.07) is 7.21. The first kappa shape index (κ1) is 18.6. The van der Waals surface area contributed by atoms with E-state index in [-0.39, 0.29) is 12.1 Å².